The maximum atomic E-state index is 12.7. The molecule has 0 fully saturated rings. The monoisotopic (exact) mass is 292 g/mol. The predicted octanol–water partition coefficient (Wildman–Crippen LogP) is 2.27. The molecular weight excluding hydrogens is 268 g/mol. The maximum absolute atomic E-state index is 12.7. The van der Waals surface area contributed by atoms with Crippen LogP contribution in [0.15, 0.2) is 12.7 Å². The number of ketones is 1. The summed E-state index contributed by atoms with van der Waals surface area (Å²) < 4.78 is 0. The number of hydrogen-bond donors (Lipinski definition) is 2. The van der Waals surface area contributed by atoms with Gasteiger partial charge in [-0.2, -0.15) is 0 Å². The fraction of sp³-hybridized carbons (Fsp3) is 0.500. The molecule has 5 nitrogen and oxygen atoms in total. The summed E-state index contributed by atoms with van der Waals surface area (Å²) in [6.07, 6.45) is 1.62. The molecule has 0 bridgehead atoms. The van der Waals surface area contributed by atoms with E-state index >= 15 is 0 Å². The molecular formula is C16H24N2O3. The SMILES string of the molecule is C=CCN(CCO)C(=O)c1[nH]c(C)c(C(C)=O)c1C(C)C. The van der Waals surface area contributed by atoms with E-state index in [2.05, 4.69) is 11.6 Å². The van der Waals surface area contributed by atoms with Gasteiger partial charge in [0.2, 0.25) is 0 Å². The van der Waals surface area contributed by atoms with Crippen LogP contribution in [0.3, 0.4) is 0 Å². The van der Waals surface area contributed by atoms with Crippen LogP contribution in [-0.2, 0) is 0 Å². The van der Waals surface area contributed by atoms with Gasteiger partial charge in [-0.15, -0.1) is 6.58 Å². The molecule has 0 saturated heterocycles. The van der Waals surface area contributed by atoms with Gasteiger partial charge < -0.3 is 15.0 Å². The number of carbonyl (C=O) groups excluding carboxylic acids is 2. The van der Waals surface area contributed by atoms with Gasteiger partial charge >= 0.3 is 0 Å². The van der Waals surface area contributed by atoms with Crippen molar-refractivity contribution in [1.29, 1.82) is 0 Å². The van der Waals surface area contributed by atoms with Gasteiger partial charge in [0.1, 0.15) is 5.69 Å². The normalized spacial score (nSPS) is 10.8. The van der Waals surface area contributed by atoms with Crippen molar-refractivity contribution in [3.8, 4) is 0 Å². The lowest BCUT2D eigenvalue weighted by molar-refractivity contribution is 0.0736. The second kappa shape index (κ2) is 7.22. The molecule has 5 heteroatoms. The molecule has 116 valence electrons. The van der Waals surface area contributed by atoms with Crippen molar-refractivity contribution in [2.45, 2.75) is 33.6 Å². The fourth-order valence-corrected chi connectivity index (χ4v) is 2.55. The number of aliphatic hydroxyl groups is 1. The van der Waals surface area contributed by atoms with E-state index in [1.807, 2.05) is 13.8 Å². The number of aromatic amines is 1. The molecule has 0 saturated carbocycles. The Morgan fingerprint density at radius 3 is 2.48 bits per heavy atom. The Morgan fingerprint density at radius 1 is 1.43 bits per heavy atom. The number of aromatic nitrogens is 1. The highest BCUT2D eigenvalue weighted by Crippen LogP contribution is 2.28. The first kappa shape index (κ1) is 17.2. The molecule has 1 aromatic rings. The summed E-state index contributed by atoms with van der Waals surface area (Å²) in [6, 6.07) is 0. The lowest BCUT2D eigenvalue weighted by Gasteiger charge is -2.21. The Labute approximate surface area is 125 Å². The van der Waals surface area contributed by atoms with Crippen LogP contribution in [-0.4, -0.2) is 46.4 Å². The second-order valence-electron chi connectivity index (χ2n) is 5.39. The topological polar surface area (TPSA) is 73.4 Å². The van der Waals surface area contributed by atoms with Gasteiger partial charge in [0.05, 0.1) is 6.61 Å². The highest BCUT2D eigenvalue weighted by molar-refractivity contribution is 6.03. The highest BCUT2D eigenvalue weighted by atomic mass is 16.3. The van der Waals surface area contributed by atoms with Crippen LogP contribution >= 0.6 is 0 Å². The molecule has 0 aromatic carbocycles. The van der Waals surface area contributed by atoms with E-state index in [1.165, 1.54) is 11.8 Å². The summed E-state index contributed by atoms with van der Waals surface area (Å²) in [5, 5.41) is 9.09. The number of H-pyrrole nitrogens is 1. The van der Waals surface area contributed by atoms with Crippen molar-refractivity contribution >= 4 is 11.7 Å². The van der Waals surface area contributed by atoms with Crippen molar-refractivity contribution in [3.63, 3.8) is 0 Å². The number of nitrogens with zero attached hydrogens (tertiary/aromatic N) is 1. The van der Waals surface area contributed by atoms with Crippen LogP contribution in [0.2, 0.25) is 0 Å². The predicted molar refractivity (Wildman–Crippen MR) is 82.8 cm³/mol. The number of Topliss-reactive ketones (excluding diaryl/α,β-unsaturated/α-hetero) is 1. The number of hydrogen-bond acceptors (Lipinski definition) is 3. The smallest absolute Gasteiger partial charge is 0.270 e. The van der Waals surface area contributed by atoms with E-state index in [9.17, 15) is 9.59 Å². The molecule has 1 heterocycles. The van der Waals surface area contributed by atoms with Crippen molar-refractivity contribution in [2.75, 3.05) is 19.7 Å². The summed E-state index contributed by atoms with van der Waals surface area (Å²) in [4.78, 5) is 29.1. The van der Waals surface area contributed by atoms with Crippen LogP contribution in [0.25, 0.3) is 0 Å². The number of amides is 1. The molecule has 0 spiro atoms. The quantitative estimate of drug-likeness (QED) is 0.598. The minimum absolute atomic E-state index is 0.0486. The lowest BCUT2D eigenvalue weighted by Crippen LogP contribution is -2.34. The molecule has 1 aromatic heterocycles. The van der Waals surface area contributed by atoms with Crippen molar-refractivity contribution < 1.29 is 14.7 Å². The van der Waals surface area contributed by atoms with Gasteiger partial charge in [-0.3, -0.25) is 9.59 Å². The van der Waals surface area contributed by atoms with Crippen LogP contribution < -0.4 is 0 Å². The van der Waals surface area contributed by atoms with Crippen molar-refractivity contribution in [1.82, 2.24) is 9.88 Å². The molecule has 0 unspecified atom stereocenters. The maximum Gasteiger partial charge on any atom is 0.270 e. The van der Waals surface area contributed by atoms with E-state index < -0.39 is 0 Å². The van der Waals surface area contributed by atoms with Gasteiger partial charge in [-0.1, -0.05) is 19.9 Å². The Balaban J connectivity index is 3.34. The molecule has 0 aliphatic rings. The largest absolute Gasteiger partial charge is 0.395 e. The summed E-state index contributed by atoms with van der Waals surface area (Å²) in [7, 11) is 0. The fourth-order valence-electron chi connectivity index (χ4n) is 2.55. The van der Waals surface area contributed by atoms with E-state index in [-0.39, 0.29) is 30.8 Å². The molecule has 0 radical (unpaired) electrons. The minimum atomic E-state index is -0.219. The standard InChI is InChI=1S/C16H24N2O3/c1-6-7-18(8-9-19)16(21)15-13(10(2)3)14(12(5)20)11(4)17-15/h6,10,17,19H,1,7-9H2,2-5H3. The zero-order valence-corrected chi connectivity index (χ0v) is 13.2. The van der Waals surface area contributed by atoms with E-state index in [0.29, 0.717) is 23.5 Å². The zero-order chi connectivity index (χ0) is 16.2. The first-order chi connectivity index (χ1) is 9.84. The number of nitrogens with one attached hydrogen (secondary N) is 1. The Kier molecular flexibility index (Phi) is 5.90. The summed E-state index contributed by atoms with van der Waals surface area (Å²) in [6.45, 7) is 11.3. The summed E-state index contributed by atoms with van der Waals surface area (Å²) in [5.41, 5.74) is 2.48. The van der Waals surface area contributed by atoms with Crippen LogP contribution in [0, 0.1) is 6.92 Å². The van der Waals surface area contributed by atoms with Gasteiger partial charge in [-0.25, -0.2) is 0 Å². The Morgan fingerprint density at radius 2 is 2.05 bits per heavy atom. The minimum Gasteiger partial charge on any atom is -0.395 e. The van der Waals surface area contributed by atoms with Gasteiger partial charge in [0, 0.05) is 24.3 Å². The third-order valence-electron chi connectivity index (χ3n) is 3.38. The molecule has 1 amide bonds. The average molecular weight is 292 g/mol. The second-order valence-corrected chi connectivity index (χ2v) is 5.39. The molecule has 0 atom stereocenters. The summed E-state index contributed by atoms with van der Waals surface area (Å²) in [5.74, 6) is -0.223. The number of carbonyl (C=O) groups is 2. The Bertz CT molecular complexity index is 544. The number of rotatable bonds is 7. The van der Waals surface area contributed by atoms with Crippen molar-refractivity contribution in [2.24, 2.45) is 0 Å². The third kappa shape index (κ3) is 3.61. The third-order valence-corrected chi connectivity index (χ3v) is 3.38. The molecule has 21 heavy (non-hydrogen) atoms. The van der Waals surface area contributed by atoms with E-state index in [1.54, 1.807) is 13.0 Å². The van der Waals surface area contributed by atoms with Gasteiger partial charge in [0.15, 0.2) is 5.78 Å². The average Bonchev–Trinajstić information content (AvgIpc) is 2.75. The molecule has 0 aliphatic heterocycles. The van der Waals surface area contributed by atoms with E-state index in [0.717, 1.165) is 5.56 Å². The molecule has 1 rings (SSSR count). The van der Waals surface area contributed by atoms with Crippen LogP contribution in [0.1, 0.15) is 58.8 Å². The van der Waals surface area contributed by atoms with Gasteiger partial charge in [-0.05, 0) is 25.3 Å². The van der Waals surface area contributed by atoms with Crippen LogP contribution in [0.5, 0.6) is 0 Å². The van der Waals surface area contributed by atoms with Crippen molar-refractivity contribution in [3.05, 3.63) is 35.2 Å². The molecule has 2 N–H and O–H groups in total. The highest BCUT2D eigenvalue weighted by Gasteiger charge is 2.27. The number of aryl methyl sites for hydroxylation is 1. The first-order valence-electron chi connectivity index (χ1n) is 7.09. The lowest BCUT2D eigenvalue weighted by atomic mass is 9.95. The summed E-state index contributed by atoms with van der Waals surface area (Å²) >= 11 is 0. The Hall–Kier alpha value is -1.88. The molecule has 0 aliphatic carbocycles. The van der Waals surface area contributed by atoms with E-state index in [4.69, 9.17) is 5.11 Å². The first-order valence-corrected chi connectivity index (χ1v) is 7.09. The number of aliphatic hydroxyl groups excluding tert-OH is 1. The van der Waals surface area contributed by atoms with Crippen LogP contribution in [0.4, 0.5) is 0 Å². The zero-order valence-electron chi connectivity index (χ0n) is 13.2. The van der Waals surface area contributed by atoms with Gasteiger partial charge in [0.25, 0.3) is 5.91 Å².